The van der Waals surface area contributed by atoms with E-state index in [1.165, 1.54) is 0 Å². The van der Waals surface area contributed by atoms with Crippen LogP contribution in [0.5, 0.6) is 0 Å². The van der Waals surface area contributed by atoms with Crippen LogP contribution in [0.1, 0.15) is 24.5 Å². The smallest absolute Gasteiger partial charge is 0.241 e. The highest BCUT2D eigenvalue weighted by Gasteiger charge is 2.25. The molecule has 0 saturated carbocycles. The average Bonchev–Trinajstić information content (AvgIpc) is 3.47. The van der Waals surface area contributed by atoms with Crippen LogP contribution in [0, 0.1) is 5.92 Å². The van der Waals surface area contributed by atoms with Gasteiger partial charge in [0.2, 0.25) is 17.6 Å². The van der Waals surface area contributed by atoms with E-state index in [0.29, 0.717) is 29.8 Å². The Bertz CT molecular complexity index is 954. The van der Waals surface area contributed by atoms with Crippen LogP contribution < -0.4 is 5.32 Å². The van der Waals surface area contributed by atoms with Gasteiger partial charge >= 0.3 is 0 Å². The van der Waals surface area contributed by atoms with Gasteiger partial charge in [-0.3, -0.25) is 9.69 Å². The van der Waals surface area contributed by atoms with Crippen molar-refractivity contribution in [2.45, 2.75) is 25.1 Å². The number of hydrogen-bond donors (Lipinski definition) is 1. The van der Waals surface area contributed by atoms with E-state index in [-0.39, 0.29) is 11.8 Å². The number of likely N-dealkylation sites (tertiary alicyclic amines) is 1. The highest BCUT2D eigenvalue weighted by molar-refractivity contribution is 7.98. The number of carbonyl (C=O) groups is 1. The topological polar surface area (TPSA) is 84.4 Å². The number of rotatable bonds is 9. The minimum absolute atomic E-state index is 0.0682. The summed E-state index contributed by atoms with van der Waals surface area (Å²) < 4.78 is 10.7. The van der Waals surface area contributed by atoms with E-state index >= 15 is 0 Å². The second kappa shape index (κ2) is 10.8. The van der Waals surface area contributed by atoms with Crippen LogP contribution in [0.2, 0.25) is 5.02 Å². The maximum Gasteiger partial charge on any atom is 0.241 e. The third kappa shape index (κ3) is 6.35. The summed E-state index contributed by atoms with van der Waals surface area (Å²) in [6.45, 7) is 2.95. The molecule has 0 spiro atoms. The fourth-order valence-electron chi connectivity index (χ4n) is 3.54. The van der Waals surface area contributed by atoms with Gasteiger partial charge in [-0.2, -0.15) is 16.7 Å². The monoisotopic (exact) mass is 460 g/mol. The summed E-state index contributed by atoms with van der Waals surface area (Å²) in [7, 11) is 0. The quantitative estimate of drug-likeness (QED) is 0.478. The molecule has 1 amide bonds. The average molecular weight is 461 g/mol. The molecule has 0 aliphatic carbocycles. The Morgan fingerprint density at radius 3 is 2.77 bits per heavy atom. The number of nitrogens with one attached hydrogen (secondary N) is 1. The summed E-state index contributed by atoms with van der Waals surface area (Å²) in [4.78, 5) is 19.2. The maximum atomic E-state index is 12.4. The molecule has 31 heavy (non-hydrogen) atoms. The third-order valence-corrected chi connectivity index (χ3v) is 6.49. The van der Waals surface area contributed by atoms with E-state index < -0.39 is 0 Å². The molecular weight excluding hydrogens is 436 g/mol. The summed E-state index contributed by atoms with van der Waals surface area (Å²) in [6, 6.07) is 11.2. The highest BCUT2D eigenvalue weighted by atomic mass is 35.5. The molecule has 1 N–H and O–H groups in total. The van der Waals surface area contributed by atoms with Crippen molar-refractivity contribution in [3.8, 4) is 11.4 Å². The Morgan fingerprint density at radius 1 is 1.23 bits per heavy atom. The van der Waals surface area contributed by atoms with Gasteiger partial charge in [-0.15, -0.1) is 0 Å². The van der Waals surface area contributed by atoms with Crippen molar-refractivity contribution in [2.24, 2.45) is 5.92 Å². The van der Waals surface area contributed by atoms with Crippen molar-refractivity contribution in [1.82, 2.24) is 20.4 Å². The molecule has 1 aromatic carbocycles. The number of carbonyl (C=O) groups excluding carboxylic acids is 1. The molecule has 4 rings (SSSR count). The van der Waals surface area contributed by atoms with Gasteiger partial charge in [-0.25, -0.2) is 0 Å². The number of amides is 1. The predicted octanol–water partition coefficient (Wildman–Crippen LogP) is 4.24. The molecule has 0 radical (unpaired) electrons. The maximum absolute atomic E-state index is 12.4. The first-order chi connectivity index (χ1) is 15.2. The van der Waals surface area contributed by atoms with E-state index in [1.807, 2.05) is 24.3 Å². The molecule has 164 valence electrons. The predicted molar refractivity (Wildman–Crippen MR) is 121 cm³/mol. The summed E-state index contributed by atoms with van der Waals surface area (Å²) in [6.07, 6.45) is 3.36. The van der Waals surface area contributed by atoms with Crippen LogP contribution in [-0.4, -0.2) is 46.3 Å². The van der Waals surface area contributed by atoms with Gasteiger partial charge in [0, 0.05) is 28.8 Å². The Labute approximate surface area is 190 Å². The summed E-state index contributed by atoms with van der Waals surface area (Å²) in [5.41, 5.74) is 0.872. The number of hydrogen-bond acceptors (Lipinski definition) is 7. The molecule has 9 heteroatoms. The minimum Gasteiger partial charge on any atom is -0.468 e. The van der Waals surface area contributed by atoms with Crippen molar-refractivity contribution in [2.75, 3.05) is 25.4 Å². The number of benzene rings is 1. The molecule has 1 saturated heterocycles. The van der Waals surface area contributed by atoms with Crippen LogP contribution >= 0.6 is 23.4 Å². The second-order valence-corrected chi connectivity index (χ2v) is 9.03. The SMILES string of the molecule is O=C(NCCSCc1ccco1)C1CCN(Cc2nc(-c3ccc(Cl)cc3)no2)CC1. The molecule has 0 unspecified atom stereocenters. The summed E-state index contributed by atoms with van der Waals surface area (Å²) >= 11 is 7.68. The van der Waals surface area contributed by atoms with Gasteiger partial charge < -0.3 is 14.3 Å². The zero-order chi connectivity index (χ0) is 21.5. The summed E-state index contributed by atoms with van der Waals surface area (Å²) in [5.74, 6) is 4.03. The van der Waals surface area contributed by atoms with E-state index in [1.54, 1.807) is 30.2 Å². The van der Waals surface area contributed by atoms with Crippen molar-refractivity contribution < 1.29 is 13.7 Å². The highest BCUT2D eigenvalue weighted by Crippen LogP contribution is 2.22. The van der Waals surface area contributed by atoms with Gasteiger partial charge in [0.05, 0.1) is 18.6 Å². The third-order valence-electron chi connectivity index (χ3n) is 5.26. The van der Waals surface area contributed by atoms with Gasteiger partial charge in [-0.05, 0) is 62.3 Å². The Kier molecular flexibility index (Phi) is 7.66. The molecule has 1 aliphatic rings. The van der Waals surface area contributed by atoms with E-state index in [0.717, 1.165) is 48.8 Å². The zero-order valence-electron chi connectivity index (χ0n) is 17.1. The van der Waals surface area contributed by atoms with Gasteiger partial charge in [-0.1, -0.05) is 16.8 Å². The lowest BCUT2D eigenvalue weighted by Crippen LogP contribution is -2.40. The zero-order valence-corrected chi connectivity index (χ0v) is 18.7. The molecular formula is C22H25ClN4O3S. The van der Waals surface area contributed by atoms with Gasteiger partial charge in [0.1, 0.15) is 5.76 Å². The fraction of sp³-hybridized carbons (Fsp3) is 0.409. The van der Waals surface area contributed by atoms with E-state index in [9.17, 15) is 4.79 Å². The number of furan rings is 1. The largest absolute Gasteiger partial charge is 0.468 e. The molecule has 2 aromatic heterocycles. The molecule has 3 heterocycles. The lowest BCUT2D eigenvalue weighted by molar-refractivity contribution is -0.126. The first-order valence-electron chi connectivity index (χ1n) is 10.4. The van der Waals surface area contributed by atoms with Crippen LogP contribution in [0.3, 0.4) is 0 Å². The Balaban J connectivity index is 1.15. The second-order valence-electron chi connectivity index (χ2n) is 7.49. The van der Waals surface area contributed by atoms with Crippen LogP contribution in [-0.2, 0) is 17.1 Å². The van der Waals surface area contributed by atoms with Crippen molar-refractivity contribution in [3.05, 3.63) is 59.3 Å². The molecule has 0 atom stereocenters. The number of nitrogens with zero attached hydrogens (tertiary/aromatic N) is 3. The number of thioether (sulfide) groups is 1. The van der Waals surface area contributed by atoms with E-state index in [2.05, 4.69) is 20.4 Å². The standard InChI is InChI=1S/C22H25ClN4O3S/c23-18-5-3-16(4-6-18)21-25-20(30-26-21)14-27-10-7-17(8-11-27)22(28)24-9-13-31-15-19-2-1-12-29-19/h1-6,12,17H,7-11,13-15H2,(H,24,28). The normalized spacial score (nSPS) is 15.3. The first-order valence-corrected chi connectivity index (χ1v) is 11.9. The lowest BCUT2D eigenvalue weighted by atomic mass is 9.96. The molecule has 1 fully saturated rings. The number of aromatic nitrogens is 2. The number of piperidine rings is 1. The Hall–Kier alpha value is -2.29. The van der Waals surface area contributed by atoms with Crippen LogP contribution in [0.15, 0.2) is 51.6 Å². The van der Waals surface area contributed by atoms with E-state index in [4.69, 9.17) is 20.5 Å². The molecule has 3 aromatic rings. The van der Waals surface area contributed by atoms with Gasteiger partial charge in [0.25, 0.3) is 0 Å². The minimum atomic E-state index is 0.0682. The summed E-state index contributed by atoms with van der Waals surface area (Å²) in [5, 5.41) is 7.80. The number of halogens is 1. The Morgan fingerprint density at radius 2 is 2.03 bits per heavy atom. The van der Waals surface area contributed by atoms with Gasteiger partial charge in [0.15, 0.2) is 0 Å². The van der Waals surface area contributed by atoms with Crippen LogP contribution in [0.25, 0.3) is 11.4 Å². The fourth-order valence-corrected chi connectivity index (χ4v) is 4.42. The molecule has 0 bridgehead atoms. The first kappa shape index (κ1) is 21.9. The van der Waals surface area contributed by atoms with Crippen molar-refractivity contribution in [3.63, 3.8) is 0 Å². The van der Waals surface area contributed by atoms with Crippen molar-refractivity contribution in [1.29, 1.82) is 0 Å². The molecule has 7 nitrogen and oxygen atoms in total. The van der Waals surface area contributed by atoms with Crippen molar-refractivity contribution >= 4 is 29.3 Å². The lowest BCUT2D eigenvalue weighted by Gasteiger charge is -2.30. The van der Waals surface area contributed by atoms with Crippen LogP contribution in [0.4, 0.5) is 0 Å². The molecule has 1 aliphatic heterocycles.